The van der Waals surface area contributed by atoms with Gasteiger partial charge >= 0.3 is 5.97 Å². The third-order valence-corrected chi connectivity index (χ3v) is 8.29. The van der Waals surface area contributed by atoms with Gasteiger partial charge in [0.1, 0.15) is 10.8 Å². The summed E-state index contributed by atoms with van der Waals surface area (Å²) in [5, 5.41) is 7.92. The van der Waals surface area contributed by atoms with E-state index in [1.165, 1.54) is 13.8 Å². The molecule has 2 fully saturated rings. The maximum absolute atomic E-state index is 12.2. The van der Waals surface area contributed by atoms with Crippen LogP contribution < -0.4 is 0 Å². The highest BCUT2D eigenvalue weighted by molar-refractivity contribution is 9.26. The van der Waals surface area contributed by atoms with E-state index in [0.717, 1.165) is 4.90 Å². The molecule has 1 amide bonds. The zero-order valence-corrected chi connectivity index (χ0v) is 12.8. The summed E-state index contributed by atoms with van der Waals surface area (Å²) in [6, 6.07) is -1.35. The number of carboxylic acids is 1. The molecule has 0 spiro atoms. The second-order valence-electron chi connectivity index (χ2n) is 4.58. The zero-order valence-electron chi connectivity index (χ0n) is 8.85. The molecule has 0 bridgehead atoms. The van der Waals surface area contributed by atoms with Gasteiger partial charge in [-0.05, 0) is 13.8 Å². The number of aliphatic carboxylic acids is 1. The van der Waals surface area contributed by atoms with Crippen molar-refractivity contribution >= 4 is 53.6 Å². The van der Waals surface area contributed by atoms with Crippen molar-refractivity contribution in [2.24, 2.45) is 0 Å². The molecule has 1 N–H and O–H groups in total. The van der Waals surface area contributed by atoms with Crippen LogP contribution in [0.1, 0.15) is 13.8 Å². The lowest BCUT2D eigenvalue weighted by atomic mass is 9.98. The first-order valence-corrected chi connectivity index (χ1v) is 7.77. The molecule has 17 heavy (non-hydrogen) atoms. The summed E-state index contributed by atoms with van der Waals surface area (Å²) in [4.78, 5) is 23.8. The number of hydrogen-bond donors (Lipinski definition) is 1. The predicted molar refractivity (Wildman–Crippen MR) is 65.6 cm³/mol. The summed E-state index contributed by atoms with van der Waals surface area (Å²) >= 11 is 5.99. The minimum absolute atomic E-state index is 0.580. The van der Waals surface area contributed by atoms with Gasteiger partial charge in [0.2, 0.25) is 0 Å². The van der Waals surface area contributed by atoms with Crippen LogP contribution in [0.4, 0.5) is 0 Å². The third-order valence-electron chi connectivity index (χ3n) is 3.28. The summed E-state index contributed by atoms with van der Waals surface area (Å²) in [7, 11) is -3.77. The largest absolute Gasteiger partial charge is 0.480 e. The number of halogens is 2. The minimum Gasteiger partial charge on any atom is -0.480 e. The minimum atomic E-state index is -3.77. The number of hydrogen-bond acceptors (Lipinski definition) is 4. The maximum atomic E-state index is 12.2. The molecular formula is C8H9Br2NO5S. The quantitative estimate of drug-likeness (QED) is 0.513. The van der Waals surface area contributed by atoms with E-state index >= 15 is 0 Å². The Labute approximate surface area is 115 Å². The van der Waals surface area contributed by atoms with Gasteiger partial charge in [0.05, 0.1) is 0 Å². The molecule has 6 nitrogen and oxygen atoms in total. The Morgan fingerprint density at radius 1 is 1.41 bits per heavy atom. The van der Waals surface area contributed by atoms with Crippen molar-refractivity contribution in [1.82, 2.24) is 4.90 Å². The van der Waals surface area contributed by atoms with Crippen molar-refractivity contribution in [2.75, 3.05) is 0 Å². The van der Waals surface area contributed by atoms with Crippen LogP contribution in [0, 0.1) is 0 Å². The van der Waals surface area contributed by atoms with Gasteiger partial charge in [0.25, 0.3) is 5.91 Å². The highest BCUT2D eigenvalue weighted by Gasteiger charge is 2.77. The number of rotatable bonds is 1. The van der Waals surface area contributed by atoms with Crippen LogP contribution in [0.2, 0.25) is 0 Å². The van der Waals surface area contributed by atoms with Crippen molar-refractivity contribution in [1.29, 1.82) is 0 Å². The van der Waals surface area contributed by atoms with E-state index in [2.05, 4.69) is 31.9 Å². The van der Waals surface area contributed by atoms with Crippen LogP contribution in [0.5, 0.6) is 0 Å². The number of sulfone groups is 1. The smallest absolute Gasteiger partial charge is 0.328 e. The molecule has 0 aromatic carbocycles. The lowest BCUT2D eigenvalue weighted by molar-refractivity contribution is -0.157. The molecule has 2 rings (SSSR count). The van der Waals surface area contributed by atoms with E-state index in [-0.39, 0.29) is 0 Å². The molecule has 0 aromatic heterocycles. The number of carbonyl (C=O) groups is 2. The van der Waals surface area contributed by atoms with E-state index in [9.17, 15) is 18.0 Å². The van der Waals surface area contributed by atoms with E-state index < -0.39 is 41.1 Å². The van der Waals surface area contributed by atoms with E-state index in [1.54, 1.807) is 0 Å². The molecule has 0 saturated carbocycles. The monoisotopic (exact) mass is 389 g/mol. The number of nitrogens with zero attached hydrogens (tertiary/aromatic N) is 1. The summed E-state index contributed by atoms with van der Waals surface area (Å²) in [6.07, 6.45) is 0. The summed E-state index contributed by atoms with van der Waals surface area (Å²) < 4.78 is 21.6. The summed E-state index contributed by atoms with van der Waals surface area (Å²) in [6.45, 7) is 2.64. The Morgan fingerprint density at radius 2 is 1.88 bits per heavy atom. The topological polar surface area (TPSA) is 91.8 Å². The van der Waals surface area contributed by atoms with Crippen molar-refractivity contribution in [2.45, 2.75) is 33.2 Å². The van der Waals surface area contributed by atoms with Crippen molar-refractivity contribution < 1.29 is 23.1 Å². The van der Waals surface area contributed by atoms with Gasteiger partial charge < -0.3 is 10.0 Å². The Balaban J connectivity index is 2.65. The van der Waals surface area contributed by atoms with E-state index in [4.69, 9.17) is 5.11 Å². The lowest BCUT2D eigenvalue weighted by Gasteiger charge is -2.45. The van der Waals surface area contributed by atoms with Gasteiger partial charge in [-0.25, -0.2) is 13.2 Å². The molecule has 0 aliphatic carbocycles. The molecular weight excluding hydrogens is 382 g/mol. The Kier molecular flexibility index (Phi) is 2.53. The zero-order chi connectivity index (χ0) is 13.4. The third kappa shape index (κ3) is 1.27. The van der Waals surface area contributed by atoms with Crippen molar-refractivity contribution in [3.63, 3.8) is 0 Å². The maximum Gasteiger partial charge on any atom is 0.328 e. The van der Waals surface area contributed by atoms with Crippen LogP contribution in [-0.4, -0.2) is 49.7 Å². The van der Waals surface area contributed by atoms with Crippen LogP contribution in [0.3, 0.4) is 0 Å². The molecule has 2 atom stereocenters. The molecule has 2 saturated heterocycles. The second kappa shape index (κ2) is 3.24. The number of β-lactam (4-membered cyclic amide) rings is 1. The Hall–Kier alpha value is -0.150. The first-order valence-electron chi connectivity index (χ1n) is 4.64. The molecule has 9 heteroatoms. The van der Waals surface area contributed by atoms with Crippen molar-refractivity contribution in [3.8, 4) is 0 Å². The van der Waals surface area contributed by atoms with Crippen LogP contribution in [0.25, 0.3) is 0 Å². The number of carbonyl (C=O) groups excluding carboxylic acids is 1. The molecule has 96 valence electrons. The van der Waals surface area contributed by atoms with Gasteiger partial charge in [0, 0.05) is 0 Å². The normalized spacial score (nSPS) is 36.2. The standard InChI is InChI=1S/C8H9Br2NO5S/c1-7(2)3(4(12)13)11-5(14)8(9,10)6(11)17(7,15)16/h3,6H,1-2H3,(H,12,13)/t3-,6+/m0/s1. The first kappa shape index (κ1) is 13.3. The van der Waals surface area contributed by atoms with Gasteiger partial charge in [-0.2, -0.15) is 0 Å². The van der Waals surface area contributed by atoms with E-state index in [0.29, 0.717) is 0 Å². The van der Waals surface area contributed by atoms with Gasteiger partial charge in [-0.15, -0.1) is 0 Å². The van der Waals surface area contributed by atoms with Crippen LogP contribution >= 0.6 is 31.9 Å². The first-order chi connectivity index (χ1) is 7.47. The number of carboxylic acid groups (broad SMARTS) is 1. The molecule has 2 aliphatic rings. The van der Waals surface area contributed by atoms with Gasteiger partial charge in [0.15, 0.2) is 18.4 Å². The van der Waals surface area contributed by atoms with Crippen LogP contribution in [0.15, 0.2) is 0 Å². The Morgan fingerprint density at radius 3 is 2.29 bits per heavy atom. The van der Waals surface area contributed by atoms with Crippen molar-refractivity contribution in [3.05, 3.63) is 0 Å². The number of amides is 1. The van der Waals surface area contributed by atoms with Crippen LogP contribution in [-0.2, 0) is 19.4 Å². The second-order valence-corrected chi connectivity index (χ2v) is 10.7. The number of alkyl halides is 2. The Bertz CT molecular complexity index is 526. The van der Waals surface area contributed by atoms with Gasteiger partial charge in [-0.3, -0.25) is 4.79 Å². The summed E-state index contributed by atoms with van der Waals surface area (Å²) in [5.41, 5.74) is 0. The molecule has 2 aliphatic heterocycles. The van der Waals surface area contributed by atoms with Gasteiger partial charge in [-0.1, -0.05) is 31.9 Å². The fourth-order valence-electron chi connectivity index (χ4n) is 2.28. The average molecular weight is 391 g/mol. The summed E-state index contributed by atoms with van der Waals surface area (Å²) in [5.74, 6) is -1.89. The fourth-order valence-corrected chi connectivity index (χ4v) is 6.72. The molecule has 2 heterocycles. The predicted octanol–water partition coefficient (Wildman–Crippen LogP) is 0.301. The molecule has 0 aromatic rings. The number of fused-ring (bicyclic) bond motifs is 1. The molecule has 0 unspecified atom stereocenters. The fraction of sp³-hybridized carbons (Fsp3) is 0.750. The highest BCUT2D eigenvalue weighted by atomic mass is 79.9. The molecule has 0 radical (unpaired) electrons. The SMILES string of the molecule is CC1(C)[C@H](C(=O)O)N2C(=O)C(Br)(Br)[C@H]2S1(=O)=O. The van der Waals surface area contributed by atoms with E-state index in [1.807, 2.05) is 0 Å². The average Bonchev–Trinajstić information content (AvgIpc) is 2.29. The lowest BCUT2D eigenvalue weighted by Crippen LogP contribution is -2.69. The highest BCUT2D eigenvalue weighted by Crippen LogP contribution is 2.56.